The standard InChI is InChI=1S/C19H18N2O2/c1-3-20-13-5-6-15-9-11-16(12-10-15)22-17-7-4-8-18-19(17)14(2)21-23-18/h3-5,7-13H,6H2,1-2H3. The van der Waals surface area contributed by atoms with E-state index in [1.54, 1.807) is 12.4 Å². The number of allylic oxidation sites excluding steroid dienone is 1. The number of rotatable bonds is 5. The molecule has 0 atom stereocenters. The molecule has 0 saturated heterocycles. The second kappa shape index (κ2) is 6.92. The lowest BCUT2D eigenvalue weighted by Gasteiger charge is -2.07. The van der Waals surface area contributed by atoms with Crippen LogP contribution in [0.3, 0.4) is 0 Å². The van der Waals surface area contributed by atoms with Crippen molar-refractivity contribution in [2.75, 3.05) is 0 Å². The summed E-state index contributed by atoms with van der Waals surface area (Å²) in [5.74, 6) is 1.54. The van der Waals surface area contributed by atoms with Crippen molar-refractivity contribution in [1.29, 1.82) is 0 Å². The van der Waals surface area contributed by atoms with E-state index in [-0.39, 0.29) is 0 Å². The molecule has 0 aliphatic heterocycles. The van der Waals surface area contributed by atoms with Gasteiger partial charge in [0.25, 0.3) is 0 Å². The van der Waals surface area contributed by atoms with Crippen LogP contribution in [0.4, 0.5) is 0 Å². The van der Waals surface area contributed by atoms with Gasteiger partial charge in [-0.05, 0) is 50.1 Å². The molecule has 0 unspecified atom stereocenters. The zero-order valence-corrected chi connectivity index (χ0v) is 13.2. The average molecular weight is 306 g/mol. The molecule has 2 aromatic carbocycles. The van der Waals surface area contributed by atoms with Gasteiger partial charge in [-0.3, -0.25) is 4.99 Å². The lowest BCUT2D eigenvalue weighted by atomic mass is 10.1. The van der Waals surface area contributed by atoms with Gasteiger partial charge >= 0.3 is 0 Å². The minimum absolute atomic E-state index is 0.734. The van der Waals surface area contributed by atoms with Crippen molar-refractivity contribution in [3.63, 3.8) is 0 Å². The summed E-state index contributed by atoms with van der Waals surface area (Å²) in [4.78, 5) is 4.05. The number of fused-ring (bicyclic) bond motifs is 1. The van der Waals surface area contributed by atoms with E-state index in [0.717, 1.165) is 34.6 Å². The van der Waals surface area contributed by atoms with Crippen LogP contribution in [0.15, 0.2) is 64.3 Å². The molecule has 0 bridgehead atoms. The molecule has 4 nitrogen and oxygen atoms in total. The number of aromatic nitrogens is 1. The topological polar surface area (TPSA) is 47.6 Å². The molecule has 0 fully saturated rings. The van der Waals surface area contributed by atoms with Crippen molar-refractivity contribution < 1.29 is 9.26 Å². The second-order valence-corrected chi connectivity index (χ2v) is 5.14. The Morgan fingerprint density at radius 2 is 2.00 bits per heavy atom. The van der Waals surface area contributed by atoms with E-state index >= 15 is 0 Å². The molecule has 3 aromatic rings. The van der Waals surface area contributed by atoms with Gasteiger partial charge in [0.2, 0.25) is 0 Å². The molecule has 4 heteroatoms. The predicted octanol–water partition coefficient (Wildman–Crippen LogP) is 5.08. The minimum atomic E-state index is 0.734. The molecule has 0 aliphatic carbocycles. The summed E-state index contributed by atoms with van der Waals surface area (Å²) in [7, 11) is 0. The predicted molar refractivity (Wildman–Crippen MR) is 92.3 cm³/mol. The third-order valence-electron chi connectivity index (χ3n) is 3.48. The fourth-order valence-corrected chi connectivity index (χ4v) is 2.35. The summed E-state index contributed by atoms with van der Waals surface area (Å²) in [5.41, 5.74) is 2.77. The van der Waals surface area contributed by atoms with E-state index < -0.39 is 0 Å². The van der Waals surface area contributed by atoms with Gasteiger partial charge in [0, 0.05) is 12.4 Å². The van der Waals surface area contributed by atoms with E-state index in [2.05, 4.69) is 22.3 Å². The Hall–Kier alpha value is -2.88. The smallest absolute Gasteiger partial charge is 0.170 e. The van der Waals surface area contributed by atoms with Crippen molar-refractivity contribution in [2.24, 2.45) is 4.99 Å². The van der Waals surface area contributed by atoms with Gasteiger partial charge < -0.3 is 9.26 Å². The molecule has 0 saturated carbocycles. The summed E-state index contributed by atoms with van der Waals surface area (Å²) in [6.07, 6.45) is 6.44. The molecule has 3 rings (SSSR count). The molecule has 116 valence electrons. The van der Waals surface area contributed by atoms with Crippen LogP contribution < -0.4 is 4.74 Å². The van der Waals surface area contributed by atoms with E-state index in [0.29, 0.717) is 0 Å². The molecule has 0 N–H and O–H groups in total. The van der Waals surface area contributed by atoms with Crippen LogP contribution in [0.2, 0.25) is 0 Å². The fraction of sp³-hybridized carbons (Fsp3) is 0.158. The van der Waals surface area contributed by atoms with Crippen molar-refractivity contribution >= 4 is 17.2 Å². The molecule has 0 radical (unpaired) electrons. The van der Waals surface area contributed by atoms with Gasteiger partial charge in [-0.25, -0.2) is 0 Å². The largest absolute Gasteiger partial charge is 0.457 e. The number of ether oxygens (including phenoxy) is 1. The molecule has 1 heterocycles. The Kier molecular flexibility index (Phi) is 4.52. The first kappa shape index (κ1) is 15.0. The Morgan fingerprint density at radius 1 is 1.17 bits per heavy atom. The van der Waals surface area contributed by atoms with Crippen LogP contribution in [0.25, 0.3) is 11.0 Å². The van der Waals surface area contributed by atoms with Crippen LogP contribution in [-0.2, 0) is 6.42 Å². The number of aryl methyl sites for hydroxylation is 1. The first-order valence-corrected chi connectivity index (χ1v) is 7.52. The third-order valence-corrected chi connectivity index (χ3v) is 3.48. The van der Waals surface area contributed by atoms with Crippen molar-refractivity contribution in [3.8, 4) is 11.5 Å². The third kappa shape index (κ3) is 3.48. The number of nitrogens with zero attached hydrogens (tertiary/aromatic N) is 2. The molecular weight excluding hydrogens is 288 g/mol. The second-order valence-electron chi connectivity index (χ2n) is 5.14. The SMILES string of the molecule is CC=NC=CCc1ccc(Oc2cccc3onc(C)c23)cc1. The highest BCUT2D eigenvalue weighted by molar-refractivity contribution is 5.86. The molecule has 0 aliphatic rings. The zero-order valence-electron chi connectivity index (χ0n) is 13.2. The first-order chi connectivity index (χ1) is 11.3. The van der Waals surface area contributed by atoms with Gasteiger partial charge in [0.1, 0.15) is 11.5 Å². The Bertz CT molecular complexity index is 845. The van der Waals surface area contributed by atoms with Crippen LogP contribution >= 0.6 is 0 Å². The fourth-order valence-electron chi connectivity index (χ4n) is 2.35. The van der Waals surface area contributed by atoms with Crippen molar-refractivity contribution in [3.05, 3.63) is 66.0 Å². The van der Waals surface area contributed by atoms with Crippen LogP contribution in [0.1, 0.15) is 18.2 Å². The van der Waals surface area contributed by atoms with Crippen LogP contribution in [0, 0.1) is 6.92 Å². The average Bonchev–Trinajstić information content (AvgIpc) is 2.96. The maximum absolute atomic E-state index is 5.99. The summed E-state index contributed by atoms with van der Waals surface area (Å²) >= 11 is 0. The maximum Gasteiger partial charge on any atom is 0.170 e. The highest BCUT2D eigenvalue weighted by Gasteiger charge is 2.10. The van der Waals surface area contributed by atoms with Crippen LogP contribution in [-0.4, -0.2) is 11.4 Å². The Balaban J connectivity index is 1.76. The van der Waals surface area contributed by atoms with Crippen LogP contribution in [0.5, 0.6) is 11.5 Å². The highest BCUT2D eigenvalue weighted by Crippen LogP contribution is 2.32. The summed E-state index contributed by atoms with van der Waals surface area (Å²) in [6.45, 7) is 3.81. The number of hydrogen-bond donors (Lipinski definition) is 0. The van der Waals surface area contributed by atoms with E-state index in [9.17, 15) is 0 Å². The molecule has 1 aromatic heterocycles. The quantitative estimate of drug-likeness (QED) is 0.618. The van der Waals surface area contributed by atoms with Gasteiger partial charge in [-0.1, -0.05) is 29.4 Å². The van der Waals surface area contributed by atoms with Crippen molar-refractivity contribution in [1.82, 2.24) is 5.16 Å². The van der Waals surface area contributed by atoms with Gasteiger partial charge in [-0.15, -0.1) is 0 Å². The normalized spacial score (nSPS) is 11.7. The monoisotopic (exact) mass is 306 g/mol. The zero-order chi connectivity index (χ0) is 16.1. The van der Waals surface area contributed by atoms with E-state index in [1.807, 2.05) is 50.3 Å². The Labute approximate surface area is 135 Å². The first-order valence-electron chi connectivity index (χ1n) is 7.52. The van der Waals surface area contributed by atoms with Gasteiger partial charge in [-0.2, -0.15) is 0 Å². The molecular formula is C19H18N2O2. The van der Waals surface area contributed by atoms with E-state index in [4.69, 9.17) is 9.26 Å². The number of hydrogen-bond acceptors (Lipinski definition) is 4. The molecule has 0 spiro atoms. The highest BCUT2D eigenvalue weighted by atomic mass is 16.5. The maximum atomic E-state index is 5.99. The lowest BCUT2D eigenvalue weighted by molar-refractivity contribution is 0.450. The Morgan fingerprint density at radius 3 is 2.78 bits per heavy atom. The summed E-state index contributed by atoms with van der Waals surface area (Å²) < 4.78 is 11.2. The van der Waals surface area contributed by atoms with E-state index in [1.165, 1.54) is 5.56 Å². The summed E-state index contributed by atoms with van der Waals surface area (Å²) in [5, 5.41) is 4.90. The van der Waals surface area contributed by atoms with Gasteiger partial charge in [0.15, 0.2) is 5.58 Å². The molecule has 0 amide bonds. The molecule has 23 heavy (non-hydrogen) atoms. The number of benzene rings is 2. The van der Waals surface area contributed by atoms with Gasteiger partial charge in [0.05, 0.1) is 11.1 Å². The minimum Gasteiger partial charge on any atom is -0.457 e. The lowest BCUT2D eigenvalue weighted by Crippen LogP contribution is -1.87. The summed E-state index contributed by atoms with van der Waals surface area (Å²) in [6, 6.07) is 13.7. The number of aliphatic imine (C=N–C) groups is 1. The van der Waals surface area contributed by atoms with Crippen molar-refractivity contribution in [2.45, 2.75) is 20.3 Å².